The van der Waals surface area contributed by atoms with E-state index in [0.29, 0.717) is 28.4 Å². The highest BCUT2D eigenvalue weighted by Crippen LogP contribution is 2.31. The second-order valence-corrected chi connectivity index (χ2v) is 5.82. The number of alkyl halides is 2. The average molecular weight is 300 g/mol. The number of halogens is 2. The number of amides is 1. The van der Waals surface area contributed by atoms with Gasteiger partial charge in [0.05, 0.1) is 12.2 Å². The van der Waals surface area contributed by atoms with E-state index in [1.165, 1.54) is 12.8 Å². The SMILES string of the molecule is O=C(CNC1CCCC1)Nc1ccccc1SC(F)F. The van der Waals surface area contributed by atoms with Crippen LogP contribution in [0.2, 0.25) is 0 Å². The molecule has 1 aromatic rings. The van der Waals surface area contributed by atoms with Crippen LogP contribution in [-0.4, -0.2) is 24.3 Å². The number of hydrogen-bond donors (Lipinski definition) is 2. The maximum Gasteiger partial charge on any atom is 0.288 e. The molecule has 3 nitrogen and oxygen atoms in total. The molecule has 0 radical (unpaired) electrons. The van der Waals surface area contributed by atoms with E-state index in [-0.39, 0.29) is 12.5 Å². The quantitative estimate of drug-likeness (QED) is 0.790. The van der Waals surface area contributed by atoms with Gasteiger partial charge in [0.2, 0.25) is 5.91 Å². The van der Waals surface area contributed by atoms with E-state index in [2.05, 4.69) is 10.6 Å². The fourth-order valence-corrected chi connectivity index (χ4v) is 2.93. The van der Waals surface area contributed by atoms with Crippen LogP contribution in [0.25, 0.3) is 0 Å². The Bertz CT molecular complexity index is 451. The molecule has 1 fully saturated rings. The van der Waals surface area contributed by atoms with Gasteiger partial charge in [-0.25, -0.2) is 0 Å². The van der Waals surface area contributed by atoms with Crippen molar-refractivity contribution in [1.82, 2.24) is 5.32 Å². The van der Waals surface area contributed by atoms with Crippen LogP contribution in [0, 0.1) is 0 Å². The van der Waals surface area contributed by atoms with Crippen LogP contribution in [-0.2, 0) is 4.79 Å². The number of hydrogen-bond acceptors (Lipinski definition) is 3. The van der Waals surface area contributed by atoms with E-state index in [9.17, 15) is 13.6 Å². The monoisotopic (exact) mass is 300 g/mol. The standard InChI is InChI=1S/C14H18F2N2OS/c15-14(16)20-12-8-4-3-7-11(12)18-13(19)9-17-10-5-1-2-6-10/h3-4,7-8,10,14,17H,1-2,5-6,9H2,(H,18,19). The Balaban J connectivity index is 1.86. The maximum absolute atomic E-state index is 12.4. The molecule has 6 heteroatoms. The van der Waals surface area contributed by atoms with Crippen LogP contribution in [0.3, 0.4) is 0 Å². The Kier molecular flexibility index (Phi) is 5.79. The van der Waals surface area contributed by atoms with E-state index in [4.69, 9.17) is 0 Å². The van der Waals surface area contributed by atoms with Gasteiger partial charge in [-0.2, -0.15) is 8.78 Å². The summed E-state index contributed by atoms with van der Waals surface area (Å²) in [5.74, 6) is -2.69. The first-order valence-corrected chi connectivity index (χ1v) is 7.60. The van der Waals surface area contributed by atoms with E-state index in [1.807, 2.05) is 0 Å². The number of nitrogens with one attached hydrogen (secondary N) is 2. The molecule has 0 aromatic heterocycles. The van der Waals surface area contributed by atoms with E-state index < -0.39 is 5.76 Å². The first-order chi connectivity index (χ1) is 9.65. The lowest BCUT2D eigenvalue weighted by Crippen LogP contribution is -2.34. The summed E-state index contributed by atoms with van der Waals surface area (Å²) in [6.45, 7) is 0.221. The molecule has 1 aliphatic rings. The van der Waals surface area contributed by atoms with Gasteiger partial charge in [-0.1, -0.05) is 36.7 Å². The van der Waals surface area contributed by atoms with Crippen LogP contribution < -0.4 is 10.6 Å². The van der Waals surface area contributed by atoms with Gasteiger partial charge in [0.25, 0.3) is 5.76 Å². The minimum atomic E-state index is -2.50. The Morgan fingerprint density at radius 3 is 2.70 bits per heavy atom. The zero-order chi connectivity index (χ0) is 14.4. The van der Waals surface area contributed by atoms with E-state index >= 15 is 0 Å². The second kappa shape index (κ2) is 7.59. The zero-order valence-electron chi connectivity index (χ0n) is 11.1. The predicted molar refractivity (Wildman–Crippen MR) is 77.2 cm³/mol. The number of benzene rings is 1. The summed E-state index contributed by atoms with van der Waals surface area (Å²) in [7, 11) is 0. The first kappa shape index (κ1) is 15.3. The number of anilines is 1. The number of rotatable bonds is 6. The highest BCUT2D eigenvalue weighted by Gasteiger charge is 2.16. The smallest absolute Gasteiger partial charge is 0.288 e. The van der Waals surface area contributed by atoms with Crippen molar-refractivity contribution < 1.29 is 13.6 Å². The Morgan fingerprint density at radius 2 is 2.00 bits per heavy atom. The topological polar surface area (TPSA) is 41.1 Å². The molecule has 1 amide bonds. The van der Waals surface area contributed by atoms with Crippen molar-refractivity contribution >= 4 is 23.4 Å². The van der Waals surface area contributed by atoms with Crippen molar-refractivity contribution in [2.75, 3.05) is 11.9 Å². The van der Waals surface area contributed by atoms with Crippen molar-refractivity contribution in [3.63, 3.8) is 0 Å². The van der Waals surface area contributed by atoms with Crippen LogP contribution in [0.5, 0.6) is 0 Å². The molecule has 20 heavy (non-hydrogen) atoms. The molecule has 0 spiro atoms. The van der Waals surface area contributed by atoms with Crippen LogP contribution in [0.15, 0.2) is 29.2 Å². The van der Waals surface area contributed by atoms with Crippen molar-refractivity contribution in [2.45, 2.75) is 42.4 Å². The lowest BCUT2D eigenvalue weighted by molar-refractivity contribution is -0.115. The normalized spacial score (nSPS) is 15.8. The molecular formula is C14H18F2N2OS. The van der Waals surface area contributed by atoms with Gasteiger partial charge < -0.3 is 10.6 Å². The van der Waals surface area contributed by atoms with Crippen molar-refractivity contribution in [2.24, 2.45) is 0 Å². The predicted octanol–water partition coefficient (Wildman–Crippen LogP) is 3.47. The van der Waals surface area contributed by atoms with Gasteiger partial charge in [0, 0.05) is 10.9 Å². The fraction of sp³-hybridized carbons (Fsp3) is 0.500. The number of carbonyl (C=O) groups is 1. The molecule has 2 rings (SSSR count). The molecule has 0 saturated heterocycles. The van der Waals surface area contributed by atoms with Crippen LogP contribution >= 0.6 is 11.8 Å². The minimum Gasteiger partial charge on any atom is -0.324 e. The second-order valence-electron chi connectivity index (χ2n) is 4.79. The highest BCUT2D eigenvalue weighted by molar-refractivity contribution is 7.99. The van der Waals surface area contributed by atoms with Gasteiger partial charge in [-0.15, -0.1) is 0 Å². The summed E-state index contributed by atoms with van der Waals surface area (Å²) in [4.78, 5) is 12.2. The summed E-state index contributed by atoms with van der Waals surface area (Å²) in [5.41, 5.74) is 0.441. The van der Waals surface area contributed by atoms with E-state index in [1.54, 1.807) is 24.3 Å². The fourth-order valence-electron chi connectivity index (χ4n) is 2.33. The van der Waals surface area contributed by atoms with Crippen molar-refractivity contribution in [3.8, 4) is 0 Å². The minimum absolute atomic E-state index is 0.195. The van der Waals surface area contributed by atoms with Gasteiger partial charge in [0.15, 0.2) is 0 Å². The molecule has 0 atom stereocenters. The summed E-state index contributed by atoms with van der Waals surface area (Å²) in [5, 5.41) is 5.88. The lowest BCUT2D eigenvalue weighted by Gasteiger charge is -2.13. The maximum atomic E-state index is 12.4. The summed E-state index contributed by atoms with van der Waals surface area (Å²) >= 11 is 0.442. The van der Waals surface area contributed by atoms with Gasteiger partial charge >= 0.3 is 0 Å². The molecule has 0 aliphatic heterocycles. The summed E-state index contributed by atoms with van der Waals surface area (Å²) in [6.07, 6.45) is 4.61. The van der Waals surface area contributed by atoms with Crippen LogP contribution in [0.4, 0.5) is 14.5 Å². The molecule has 0 bridgehead atoms. The molecule has 2 N–H and O–H groups in total. The Labute approximate surface area is 121 Å². The molecule has 1 saturated carbocycles. The molecule has 0 heterocycles. The third-order valence-electron chi connectivity index (χ3n) is 3.28. The summed E-state index contributed by atoms with van der Waals surface area (Å²) < 4.78 is 24.9. The molecule has 110 valence electrons. The highest BCUT2D eigenvalue weighted by atomic mass is 32.2. The molecule has 1 aliphatic carbocycles. The molecule has 0 unspecified atom stereocenters. The van der Waals surface area contributed by atoms with Crippen LogP contribution in [0.1, 0.15) is 25.7 Å². The third kappa shape index (κ3) is 4.76. The Hall–Kier alpha value is -1.14. The first-order valence-electron chi connectivity index (χ1n) is 6.72. The van der Waals surface area contributed by atoms with E-state index in [0.717, 1.165) is 12.8 Å². The van der Waals surface area contributed by atoms with Gasteiger partial charge in [0.1, 0.15) is 0 Å². The average Bonchev–Trinajstić information content (AvgIpc) is 2.91. The number of carbonyl (C=O) groups excluding carboxylic acids is 1. The number of thioether (sulfide) groups is 1. The number of para-hydroxylation sites is 1. The van der Waals surface area contributed by atoms with Crippen molar-refractivity contribution in [3.05, 3.63) is 24.3 Å². The largest absolute Gasteiger partial charge is 0.324 e. The van der Waals surface area contributed by atoms with Gasteiger partial charge in [-0.05, 0) is 25.0 Å². The lowest BCUT2D eigenvalue weighted by atomic mass is 10.2. The zero-order valence-corrected chi connectivity index (χ0v) is 11.9. The molecule has 1 aromatic carbocycles. The van der Waals surface area contributed by atoms with Crippen molar-refractivity contribution in [1.29, 1.82) is 0 Å². The summed E-state index contributed by atoms with van der Waals surface area (Å²) in [6, 6.07) is 7.02. The Morgan fingerprint density at radius 1 is 1.30 bits per heavy atom. The third-order valence-corrected chi connectivity index (χ3v) is 4.07. The molecular weight excluding hydrogens is 282 g/mol. The van der Waals surface area contributed by atoms with Gasteiger partial charge in [-0.3, -0.25) is 4.79 Å².